The molecule has 1 unspecified atom stereocenters. The summed E-state index contributed by atoms with van der Waals surface area (Å²) in [7, 11) is 0. The summed E-state index contributed by atoms with van der Waals surface area (Å²) in [5, 5.41) is 2.89. The maximum atomic E-state index is 10.6. The Labute approximate surface area is 67.3 Å². The van der Waals surface area contributed by atoms with Crippen LogP contribution in [0.5, 0.6) is 0 Å². The fourth-order valence-corrected chi connectivity index (χ4v) is 0.671. The Morgan fingerprint density at radius 3 is 2.64 bits per heavy atom. The maximum absolute atomic E-state index is 10.6. The van der Waals surface area contributed by atoms with Crippen molar-refractivity contribution in [2.45, 2.75) is 25.9 Å². The highest BCUT2D eigenvalue weighted by atomic mass is 16.1. The molecule has 1 atom stereocenters. The minimum absolute atomic E-state index is 0.0299. The molecule has 0 fully saturated rings. The first-order valence-corrected chi connectivity index (χ1v) is 3.88. The molecule has 5 N–H and O–H groups in total. The number of unbranched alkanes of at least 4 members (excludes halogenated alkanes) is 1. The van der Waals surface area contributed by atoms with Gasteiger partial charge in [-0.2, -0.15) is 0 Å². The van der Waals surface area contributed by atoms with E-state index in [9.17, 15) is 4.79 Å². The van der Waals surface area contributed by atoms with E-state index in [2.05, 4.69) is 5.32 Å². The first-order valence-electron chi connectivity index (χ1n) is 3.88. The number of hydrogen-bond acceptors (Lipinski definition) is 4. The fraction of sp³-hybridized carbons (Fsp3) is 0.857. The lowest BCUT2D eigenvalue weighted by Gasteiger charge is -2.08. The van der Waals surface area contributed by atoms with Crippen LogP contribution in [-0.4, -0.2) is 25.0 Å². The Balaban J connectivity index is 3.17. The fourth-order valence-electron chi connectivity index (χ4n) is 0.671. The van der Waals surface area contributed by atoms with Gasteiger partial charge in [-0.05, 0) is 32.9 Å². The van der Waals surface area contributed by atoms with Crippen LogP contribution >= 0.6 is 0 Å². The molecule has 0 amide bonds. The Hall–Kier alpha value is -0.450. The molecule has 0 rings (SSSR count). The number of carbonyl (C=O) groups excluding carboxylic acids is 1. The predicted octanol–water partition coefficient (Wildman–Crippen LogP) is -0.811. The average Bonchev–Trinajstić information content (AvgIpc) is 1.97. The van der Waals surface area contributed by atoms with Crippen molar-refractivity contribution in [1.29, 1.82) is 0 Å². The van der Waals surface area contributed by atoms with E-state index in [0.29, 0.717) is 6.54 Å². The third-order valence-electron chi connectivity index (χ3n) is 1.43. The van der Waals surface area contributed by atoms with Crippen molar-refractivity contribution in [1.82, 2.24) is 5.32 Å². The molecule has 0 heterocycles. The largest absolute Gasteiger partial charge is 0.330 e. The van der Waals surface area contributed by atoms with Gasteiger partial charge in [-0.3, -0.25) is 10.1 Å². The van der Waals surface area contributed by atoms with Crippen LogP contribution in [0.2, 0.25) is 0 Å². The van der Waals surface area contributed by atoms with Gasteiger partial charge in [-0.25, -0.2) is 0 Å². The highest BCUT2D eigenvalue weighted by molar-refractivity contribution is 5.80. The molecule has 0 aromatic heterocycles. The number of hydrogen-bond donors (Lipinski definition) is 3. The molecule has 4 nitrogen and oxygen atoms in total. The van der Waals surface area contributed by atoms with Crippen LogP contribution in [0.1, 0.15) is 19.8 Å². The van der Waals surface area contributed by atoms with Crippen LogP contribution < -0.4 is 16.8 Å². The van der Waals surface area contributed by atoms with Gasteiger partial charge in [0.25, 0.3) is 0 Å². The van der Waals surface area contributed by atoms with Gasteiger partial charge in [-0.15, -0.1) is 0 Å². The van der Waals surface area contributed by atoms with E-state index in [4.69, 9.17) is 11.5 Å². The number of Topliss-reactive ketones (excluding diaryl/α,β-unsaturated/α-hetero) is 1. The lowest BCUT2D eigenvalue weighted by molar-refractivity contribution is -0.118. The van der Waals surface area contributed by atoms with E-state index in [1.54, 1.807) is 0 Å². The molecule has 0 radical (unpaired) electrons. The van der Waals surface area contributed by atoms with Gasteiger partial charge in [0.15, 0.2) is 5.78 Å². The lowest BCUT2D eigenvalue weighted by Crippen LogP contribution is -2.43. The molecule has 0 aliphatic rings. The average molecular weight is 159 g/mol. The first-order chi connectivity index (χ1) is 5.18. The standard InChI is InChI=1S/C7H17N3O/c1-6(11)7(9)10-5-3-2-4-8/h7,10H,2-5,8-9H2,1H3. The van der Waals surface area contributed by atoms with Crippen LogP contribution in [0.25, 0.3) is 0 Å². The van der Waals surface area contributed by atoms with Crippen LogP contribution in [0.4, 0.5) is 0 Å². The van der Waals surface area contributed by atoms with E-state index in [0.717, 1.165) is 19.4 Å². The number of nitrogens with two attached hydrogens (primary N) is 2. The van der Waals surface area contributed by atoms with Crippen LogP contribution in [0.15, 0.2) is 0 Å². The second-order valence-electron chi connectivity index (χ2n) is 2.54. The van der Waals surface area contributed by atoms with Crippen molar-refractivity contribution in [2.75, 3.05) is 13.1 Å². The van der Waals surface area contributed by atoms with Crippen LogP contribution in [0, 0.1) is 0 Å². The summed E-state index contributed by atoms with van der Waals surface area (Å²) < 4.78 is 0. The molecule has 0 bridgehead atoms. The molecule has 11 heavy (non-hydrogen) atoms. The smallest absolute Gasteiger partial charge is 0.160 e. The van der Waals surface area contributed by atoms with Gasteiger partial charge in [0, 0.05) is 0 Å². The van der Waals surface area contributed by atoms with Crippen molar-refractivity contribution in [2.24, 2.45) is 11.5 Å². The zero-order valence-corrected chi connectivity index (χ0v) is 6.97. The number of nitrogens with one attached hydrogen (secondary N) is 1. The number of rotatable bonds is 6. The maximum Gasteiger partial charge on any atom is 0.160 e. The Bertz CT molecular complexity index is 116. The van der Waals surface area contributed by atoms with Crippen LogP contribution in [0.3, 0.4) is 0 Å². The predicted molar refractivity (Wildman–Crippen MR) is 44.9 cm³/mol. The minimum atomic E-state index is -0.507. The molecule has 66 valence electrons. The van der Waals surface area contributed by atoms with E-state index < -0.39 is 6.17 Å². The molecule has 4 heteroatoms. The third-order valence-corrected chi connectivity index (χ3v) is 1.43. The highest BCUT2D eigenvalue weighted by Gasteiger charge is 2.04. The summed E-state index contributed by atoms with van der Waals surface area (Å²) in [5.74, 6) is -0.0299. The third kappa shape index (κ3) is 5.97. The summed E-state index contributed by atoms with van der Waals surface area (Å²) >= 11 is 0. The molecule has 0 spiro atoms. The molecular weight excluding hydrogens is 142 g/mol. The van der Waals surface area contributed by atoms with E-state index in [1.807, 2.05) is 0 Å². The first kappa shape index (κ1) is 10.6. The Kier molecular flexibility index (Phi) is 6.02. The second kappa shape index (κ2) is 6.27. The van der Waals surface area contributed by atoms with Gasteiger partial charge in [0.05, 0.1) is 0 Å². The quantitative estimate of drug-likeness (QED) is 0.350. The van der Waals surface area contributed by atoms with Gasteiger partial charge in [0.1, 0.15) is 6.17 Å². The van der Waals surface area contributed by atoms with Gasteiger partial charge >= 0.3 is 0 Å². The Morgan fingerprint density at radius 1 is 1.55 bits per heavy atom. The molecule has 0 aliphatic heterocycles. The van der Waals surface area contributed by atoms with Crippen molar-refractivity contribution in [3.8, 4) is 0 Å². The summed E-state index contributed by atoms with van der Waals surface area (Å²) in [6.45, 7) is 2.93. The summed E-state index contributed by atoms with van der Waals surface area (Å²) in [5.41, 5.74) is 10.7. The normalized spacial score (nSPS) is 13.0. The monoisotopic (exact) mass is 159 g/mol. The van der Waals surface area contributed by atoms with Crippen molar-refractivity contribution in [3.63, 3.8) is 0 Å². The minimum Gasteiger partial charge on any atom is -0.330 e. The summed E-state index contributed by atoms with van der Waals surface area (Å²) in [6.07, 6.45) is 1.43. The molecule has 0 aromatic carbocycles. The Morgan fingerprint density at radius 2 is 2.18 bits per heavy atom. The number of carbonyl (C=O) groups is 1. The van der Waals surface area contributed by atoms with E-state index in [-0.39, 0.29) is 5.78 Å². The molecule has 0 aliphatic carbocycles. The zero-order valence-electron chi connectivity index (χ0n) is 6.97. The van der Waals surface area contributed by atoms with Crippen molar-refractivity contribution >= 4 is 5.78 Å². The molecule has 0 saturated carbocycles. The van der Waals surface area contributed by atoms with E-state index >= 15 is 0 Å². The summed E-state index contributed by atoms with van der Waals surface area (Å²) in [6, 6.07) is 0. The molecular formula is C7H17N3O. The van der Waals surface area contributed by atoms with Gasteiger partial charge < -0.3 is 11.5 Å². The van der Waals surface area contributed by atoms with Gasteiger partial charge in [0.2, 0.25) is 0 Å². The molecule has 0 aromatic rings. The second-order valence-corrected chi connectivity index (χ2v) is 2.54. The highest BCUT2D eigenvalue weighted by Crippen LogP contribution is 1.83. The van der Waals surface area contributed by atoms with Crippen molar-refractivity contribution < 1.29 is 4.79 Å². The zero-order chi connectivity index (χ0) is 8.69. The lowest BCUT2D eigenvalue weighted by atomic mass is 10.3. The molecule has 0 saturated heterocycles. The SMILES string of the molecule is CC(=O)C(N)NCCCCN. The number of ketones is 1. The topological polar surface area (TPSA) is 81.1 Å². The van der Waals surface area contributed by atoms with Crippen LogP contribution in [-0.2, 0) is 4.79 Å². The summed E-state index contributed by atoms with van der Waals surface area (Å²) in [4.78, 5) is 10.6. The van der Waals surface area contributed by atoms with Gasteiger partial charge in [-0.1, -0.05) is 0 Å². The van der Waals surface area contributed by atoms with E-state index in [1.165, 1.54) is 6.92 Å². The van der Waals surface area contributed by atoms with Crippen molar-refractivity contribution in [3.05, 3.63) is 0 Å².